The van der Waals surface area contributed by atoms with E-state index in [-0.39, 0.29) is 23.3 Å². The fraction of sp³-hybridized carbons (Fsp3) is 0.500. The van der Waals surface area contributed by atoms with E-state index in [4.69, 9.17) is 9.15 Å². The highest BCUT2D eigenvalue weighted by atomic mass is 16.5. The van der Waals surface area contributed by atoms with Gasteiger partial charge in [0.15, 0.2) is 5.76 Å². The summed E-state index contributed by atoms with van der Waals surface area (Å²) in [5.74, 6) is 1.15. The Balaban J connectivity index is 1.31. The van der Waals surface area contributed by atoms with Crippen molar-refractivity contribution in [2.24, 2.45) is 0 Å². The topological polar surface area (TPSA) is 71.8 Å². The van der Waals surface area contributed by atoms with Crippen LogP contribution >= 0.6 is 0 Å². The van der Waals surface area contributed by atoms with E-state index in [2.05, 4.69) is 38.2 Å². The van der Waals surface area contributed by atoms with Crippen molar-refractivity contribution in [1.29, 1.82) is 0 Å². The highest BCUT2D eigenvalue weighted by molar-refractivity contribution is 5.91. The van der Waals surface area contributed by atoms with E-state index in [0.717, 1.165) is 18.6 Å². The second-order valence-electron chi connectivity index (χ2n) is 8.84. The van der Waals surface area contributed by atoms with E-state index in [9.17, 15) is 9.59 Å². The lowest BCUT2D eigenvalue weighted by Gasteiger charge is -2.31. The number of likely N-dealkylation sites (tertiary alicyclic amines) is 1. The van der Waals surface area contributed by atoms with Gasteiger partial charge in [-0.2, -0.15) is 0 Å². The van der Waals surface area contributed by atoms with Gasteiger partial charge in [0.2, 0.25) is 5.91 Å². The van der Waals surface area contributed by atoms with Gasteiger partial charge in [0.05, 0.1) is 12.9 Å². The molecule has 0 aliphatic carbocycles. The Kier molecular flexibility index (Phi) is 7.19. The van der Waals surface area contributed by atoms with Gasteiger partial charge in [-0.05, 0) is 54.5 Å². The van der Waals surface area contributed by atoms with Crippen LogP contribution in [0, 0.1) is 0 Å². The van der Waals surface area contributed by atoms with E-state index < -0.39 is 0 Å². The van der Waals surface area contributed by atoms with Gasteiger partial charge < -0.3 is 19.4 Å². The lowest BCUT2D eigenvalue weighted by molar-refractivity contribution is -0.122. The van der Waals surface area contributed by atoms with Crippen molar-refractivity contribution in [3.8, 4) is 5.75 Å². The first-order valence-corrected chi connectivity index (χ1v) is 10.7. The van der Waals surface area contributed by atoms with E-state index in [1.54, 1.807) is 17.0 Å². The molecule has 6 heteroatoms. The Hall–Kier alpha value is -2.76. The lowest BCUT2D eigenvalue weighted by atomic mass is 9.87. The molecule has 1 aliphatic rings. The van der Waals surface area contributed by atoms with Crippen LogP contribution in [0.2, 0.25) is 0 Å². The van der Waals surface area contributed by atoms with Crippen LogP contribution in [-0.2, 0) is 10.2 Å². The highest BCUT2D eigenvalue weighted by Crippen LogP contribution is 2.24. The van der Waals surface area contributed by atoms with Crippen molar-refractivity contribution < 1.29 is 18.7 Å². The summed E-state index contributed by atoms with van der Waals surface area (Å²) >= 11 is 0. The molecule has 1 fully saturated rings. The zero-order valence-corrected chi connectivity index (χ0v) is 18.1. The second kappa shape index (κ2) is 9.83. The number of nitrogens with one attached hydrogen (secondary N) is 1. The molecule has 1 saturated heterocycles. The van der Waals surface area contributed by atoms with Crippen molar-refractivity contribution in [3.63, 3.8) is 0 Å². The smallest absolute Gasteiger partial charge is 0.289 e. The van der Waals surface area contributed by atoms with Crippen LogP contribution in [0.25, 0.3) is 0 Å². The van der Waals surface area contributed by atoms with Crippen molar-refractivity contribution >= 4 is 11.8 Å². The Morgan fingerprint density at radius 2 is 1.83 bits per heavy atom. The molecule has 162 valence electrons. The predicted octanol–water partition coefficient (Wildman–Crippen LogP) is 4.16. The molecule has 1 aromatic heterocycles. The van der Waals surface area contributed by atoms with Crippen molar-refractivity contribution in [1.82, 2.24) is 10.2 Å². The number of hydrogen-bond acceptors (Lipinski definition) is 4. The largest absolute Gasteiger partial charge is 0.494 e. The summed E-state index contributed by atoms with van der Waals surface area (Å²) < 4.78 is 10.9. The molecule has 2 heterocycles. The molecule has 1 aromatic carbocycles. The number of ether oxygens (including phenoxy) is 1. The molecule has 0 spiro atoms. The van der Waals surface area contributed by atoms with Gasteiger partial charge in [-0.15, -0.1) is 0 Å². The number of piperidine rings is 1. The van der Waals surface area contributed by atoms with Gasteiger partial charge >= 0.3 is 0 Å². The third kappa shape index (κ3) is 6.12. The summed E-state index contributed by atoms with van der Waals surface area (Å²) in [6.45, 7) is 8.31. The number of benzene rings is 1. The molecule has 1 aliphatic heterocycles. The molecule has 1 N–H and O–H groups in total. The average molecular weight is 413 g/mol. The quantitative estimate of drug-likeness (QED) is 0.693. The zero-order chi connectivity index (χ0) is 21.6. The molecule has 0 bridgehead atoms. The molecule has 6 nitrogen and oxygen atoms in total. The maximum absolute atomic E-state index is 12.3. The highest BCUT2D eigenvalue weighted by Gasteiger charge is 2.25. The van der Waals surface area contributed by atoms with Crippen LogP contribution in [0.5, 0.6) is 5.75 Å². The third-order valence-corrected chi connectivity index (χ3v) is 5.42. The zero-order valence-electron chi connectivity index (χ0n) is 18.1. The first kappa shape index (κ1) is 21.9. The van der Waals surface area contributed by atoms with Crippen molar-refractivity contribution in [2.75, 3.05) is 19.7 Å². The first-order valence-electron chi connectivity index (χ1n) is 10.7. The van der Waals surface area contributed by atoms with E-state index in [0.29, 0.717) is 38.3 Å². The number of hydrogen-bond donors (Lipinski definition) is 1. The molecular weight excluding hydrogens is 380 g/mol. The second-order valence-corrected chi connectivity index (χ2v) is 8.84. The normalized spacial score (nSPS) is 15.1. The van der Waals surface area contributed by atoms with Crippen molar-refractivity contribution in [2.45, 2.75) is 57.9 Å². The first-order chi connectivity index (χ1) is 14.3. The Morgan fingerprint density at radius 3 is 2.43 bits per heavy atom. The monoisotopic (exact) mass is 412 g/mol. The van der Waals surface area contributed by atoms with Crippen LogP contribution < -0.4 is 10.1 Å². The Morgan fingerprint density at radius 1 is 1.13 bits per heavy atom. The van der Waals surface area contributed by atoms with Gasteiger partial charge in [-0.1, -0.05) is 32.9 Å². The Bertz CT molecular complexity index is 814. The molecule has 30 heavy (non-hydrogen) atoms. The van der Waals surface area contributed by atoms with Gasteiger partial charge in [0, 0.05) is 25.6 Å². The number of amides is 2. The molecule has 2 amide bonds. The summed E-state index contributed by atoms with van der Waals surface area (Å²) in [4.78, 5) is 26.3. The maximum atomic E-state index is 12.3. The molecule has 2 aromatic rings. The number of carbonyl (C=O) groups excluding carboxylic acids is 2. The number of rotatable bonds is 7. The summed E-state index contributed by atoms with van der Waals surface area (Å²) in [6.07, 6.45) is 4.13. The SMILES string of the molecule is CC(C)(C)c1ccc(OCCCC(=O)NC2CCN(C(=O)c3ccco3)CC2)cc1. The maximum Gasteiger partial charge on any atom is 0.289 e. The average Bonchev–Trinajstić information content (AvgIpc) is 3.26. The van der Waals surface area contributed by atoms with E-state index in [1.165, 1.54) is 11.8 Å². The number of furan rings is 1. The summed E-state index contributed by atoms with van der Waals surface area (Å²) in [5.41, 5.74) is 1.39. The van der Waals surface area contributed by atoms with E-state index >= 15 is 0 Å². The predicted molar refractivity (Wildman–Crippen MR) is 116 cm³/mol. The van der Waals surface area contributed by atoms with Crippen LogP contribution in [0.3, 0.4) is 0 Å². The van der Waals surface area contributed by atoms with Crippen LogP contribution in [0.4, 0.5) is 0 Å². The Labute approximate surface area is 178 Å². The number of nitrogens with zero attached hydrogens (tertiary/aromatic N) is 1. The molecular formula is C24H32N2O4. The van der Waals surface area contributed by atoms with Crippen LogP contribution in [0.15, 0.2) is 47.1 Å². The molecule has 0 unspecified atom stereocenters. The molecule has 0 atom stereocenters. The van der Waals surface area contributed by atoms with Gasteiger partial charge in [-0.3, -0.25) is 9.59 Å². The minimum Gasteiger partial charge on any atom is -0.494 e. The van der Waals surface area contributed by atoms with Crippen molar-refractivity contribution in [3.05, 3.63) is 54.0 Å². The summed E-state index contributed by atoms with van der Waals surface area (Å²) in [5, 5.41) is 3.08. The number of carbonyl (C=O) groups is 2. The molecule has 0 radical (unpaired) electrons. The fourth-order valence-electron chi connectivity index (χ4n) is 3.56. The summed E-state index contributed by atoms with van der Waals surface area (Å²) in [7, 11) is 0. The summed E-state index contributed by atoms with van der Waals surface area (Å²) in [6, 6.07) is 11.7. The van der Waals surface area contributed by atoms with Crippen LogP contribution in [0.1, 0.15) is 62.6 Å². The third-order valence-electron chi connectivity index (χ3n) is 5.42. The van der Waals surface area contributed by atoms with E-state index in [1.807, 2.05) is 12.1 Å². The van der Waals surface area contributed by atoms with Gasteiger partial charge in [-0.25, -0.2) is 0 Å². The van der Waals surface area contributed by atoms with Gasteiger partial charge in [0.1, 0.15) is 5.75 Å². The minimum atomic E-state index is -0.0857. The standard InChI is InChI=1S/C24H32N2O4/c1-24(2,3)18-8-10-20(11-9-18)29-16-5-7-22(27)25-19-12-14-26(15-13-19)23(28)21-6-4-17-30-21/h4,6,8-11,17,19H,5,7,12-16H2,1-3H3,(H,25,27). The van der Waals surface area contributed by atoms with Crippen LogP contribution in [-0.4, -0.2) is 42.5 Å². The minimum absolute atomic E-state index is 0.0393. The molecule has 3 rings (SSSR count). The molecule has 0 saturated carbocycles. The lowest BCUT2D eigenvalue weighted by Crippen LogP contribution is -2.46. The fourth-order valence-corrected chi connectivity index (χ4v) is 3.56. The van der Waals surface area contributed by atoms with Gasteiger partial charge in [0.25, 0.3) is 5.91 Å².